The summed E-state index contributed by atoms with van der Waals surface area (Å²) in [6, 6.07) is 7.96. The molecular formula is C17H25NO. The summed E-state index contributed by atoms with van der Waals surface area (Å²) in [5, 5.41) is 0. The molecule has 2 rings (SSSR count). The quantitative estimate of drug-likeness (QED) is 0.735. The van der Waals surface area contributed by atoms with Gasteiger partial charge in [0.05, 0.1) is 0 Å². The van der Waals surface area contributed by atoms with Crippen LogP contribution in [0, 0.1) is 5.92 Å². The van der Waals surface area contributed by atoms with Crippen LogP contribution in [0.1, 0.15) is 55.3 Å². The third kappa shape index (κ3) is 4.09. The van der Waals surface area contributed by atoms with Gasteiger partial charge in [0, 0.05) is 31.8 Å². The molecule has 1 aliphatic carbocycles. The first kappa shape index (κ1) is 14.1. The van der Waals surface area contributed by atoms with Gasteiger partial charge >= 0.3 is 0 Å². The molecule has 0 heterocycles. The van der Waals surface area contributed by atoms with Crippen LogP contribution in [0.25, 0.3) is 0 Å². The summed E-state index contributed by atoms with van der Waals surface area (Å²) in [6.45, 7) is 0. The first-order valence-corrected chi connectivity index (χ1v) is 7.47. The Bertz CT molecular complexity index is 419. The van der Waals surface area contributed by atoms with Crippen molar-refractivity contribution in [1.29, 1.82) is 0 Å². The summed E-state index contributed by atoms with van der Waals surface area (Å²) >= 11 is 0. The van der Waals surface area contributed by atoms with Crippen LogP contribution in [0.3, 0.4) is 0 Å². The number of anilines is 1. The van der Waals surface area contributed by atoms with Crippen LogP contribution in [0.2, 0.25) is 0 Å². The fourth-order valence-electron chi connectivity index (χ4n) is 2.91. The molecular weight excluding hydrogens is 234 g/mol. The van der Waals surface area contributed by atoms with Gasteiger partial charge in [-0.1, -0.05) is 44.2 Å². The maximum Gasteiger partial charge on any atom is 0.162 e. The van der Waals surface area contributed by atoms with Gasteiger partial charge in [-0.15, -0.1) is 0 Å². The maximum absolute atomic E-state index is 12.2. The van der Waals surface area contributed by atoms with E-state index in [9.17, 15) is 4.79 Å². The lowest BCUT2D eigenvalue weighted by Gasteiger charge is -2.21. The van der Waals surface area contributed by atoms with Crippen molar-refractivity contribution in [3.05, 3.63) is 29.8 Å². The summed E-state index contributed by atoms with van der Waals surface area (Å²) in [5.74, 6) is 1.09. The first-order valence-electron chi connectivity index (χ1n) is 7.47. The van der Waals surface area contributed by atoms with Gasteiger partial charge in [0.15, 0.2) is 5.78 Å². The molecule has 0 unspecified atom stereocenters. The van der Waals surface area contributed by atoms with Crippen LogP contribution in [-0.2, 0) is 0 Å². The van der Waals surface area contributed by atoms with E-state index in [1.54, 1.807) is 0 Å². The lowest BCUT2D eigenvalue weighted by atomic mass is 9.85. The Kier molecular flexibility index (Phi) is 5.00. The summed E-state index contributed by atoms with van der Waals surface area (Å²) in [7, 11) is 4.01. The van der Waals surface area contributed by atoms with Crippen LogP contribution in [0.4, 0.5) is 5.69 Å². The monoisotopic (exact) mass is 259 g/mol. The number of nitrogens with zero attached hydrogens (tertiary/aromatic N) is 1. The molecule has 104 valence electrons. The van der Waals surface area contributed by atoms with Gasteiger partial charge in [-0.25, -0.2) is 0 Å². The predicted octanol–water partition coefficient (Wildman–Crippen LogP) is 4.30. The van der Waals surface area contributed by atoms with Crippen molar-refractivity contribution in [2.45, 2.75) is 44.9 Å². The molecule has 1 aliphatic rings. The van der Waals surface area contributed by atoms with Crippen molar-refractivity contribution >= 4 is 11.5 Å². The van der Waals surface area contributed by atoms with Gasteiger partial charge in [-0.2, -0.15) is 0 Å². The molecule has 0 aromatic heterocycles. The zero-order valence-corrected chi connectivity index (χ0v) is 12.2. The zero-order valence-electron chi connectivity index (χ0n) is 12.2. The van der Waals surface area contributed by atoms with Gasteiger partial charge in [0.1, 0.15) is 0 Å². The van der Waals surface area contributed by atoms with E-state index < -0.39 is 0 Å². The second kappa shape index (κ2) is 6.74. The highest BCUT2D eigenvalue weighted by molar-refractivity contribution is 5.96. The van der Waals surface area contributed by atoms with E-state index in [2.05, 4.69) is 0 Å². The number of ketones is 1. The van der Waals surface area contributed by atoms with E-state index in [1.165, 1.54) is 32.1 Å². The third-order valence-electron chi connectivity index (χ3n) is 4.19. The summed E-state index contributed by atoms with van der Waals surface area (Å²) < 4.78 is 0. The molecule has 0 radical (unpaired) electrons. The summed E-state index contributed by atoms with van der Waals surface area (Å²) in [4.78, 5) is 14.3. The predicted molar refractivity (Wildman–Crippen MR) is 80.9 cm³/mol. The van der Waals surface area contributed by atoms with E-state index in [1.807, 2.05) is 43.3 Å². The fraction of sp³-hybridized carbons (Fsp3) is 0.588. The average molecular weight is 259 g/mol. The van der Waals surface area contributed by atoms with Gasteiger partial charge in [-0.3, -0.25) is 4.79 Å². The number of rotatable bonds is 5. The largest absolute Gasteiger partial charge is 0.378 e. The Hall–Kier alpha value is -1.31. The van der Waals surface area contributed by atoms with Gasteiger partial charge in [0.2, 0.25) is 0 Å². The van der Waals surface area contributed by atoms with Gasteiger partial charge < -0.3 is 4.90 Å². The molecule has 0 spiro atoms. The van der Waals surface area contributed by atoms with E-state index >= 15 is 0 Å². The smallest absolute Gasteiger partial charge is 0.162 e. The highest BCUT2D eigenvalue weighted by atomic mass is 16.1. The molecule has 0 saturated heterocycles. The molecule has 0 atom stereocenters. The minimum absolute atomic E-state index is 0.300. The molecule has 0 bridgehead atoms. The molecule has 19 heavy (non-hydrogen) atoms. The number of hydrogen-bond acceptors (Lipinski definition) is 2. The van der Waals surface area contributed by atoms with Crippen LogP contribution < -0.4 is 4.90 Å². The standard InChI is InChI=1S/C17H25NO/c1-18(2)16-10-6-9-15(13-16)17(19)12-11-14-7-4-3-5-8-14/h6,9-10,13-14H,3-5,7-8,11-12H2,1-2H3. The Balaban J connectivity index is 1.90. The van der Waals surface area contributed by atoms with Crippen molar-refractivity contribution in [1.82, 2.24) is 0 Å². The number of Topliss-reactive ketones (excluding diaryl/α,β-unsaturated/α-hetero) is 1. The SMILES string of the molecule is CN(C)c1cccc(C(=O)CCC2CCCCC2)c1. The summed E-state index contributed by atoms with van der Waals surface area (Å²) in [5.41, 5.74) is 1.96. The van der Waals surface area contributed by atoms with Crippen molar-refractivity contribution in [2.24, 2.45) is 5.92 Å². The highest BCUT2D eigenvalue weighted by Crippen LogP contribution is 2.28. The molecule has 1 aromatic rings. The van der Waals surface area contributed by atoms with Crippen LogP contribution >= 0.6 is 0 Å². The number of carbonyl (C=O) groups excluding carboxylic acids is 1. The van der Waals surface area contributed by atoms with Crippen LogP contribution in [0.15, 0.2) is 24.3 Å². The minimum atomic E-state index is 0.300. The first-order chi connectivity index (χ1) is 9.16. The van der Waals surface area contributed by atoms with Crippen LogP contribution in [0.5, 0.6) is 0 Å². The van der Waals surface area contributed by atoms with E-state index in [-0.39, 0.29) is 0 Å². The second-order valence-electron chi connectivity index (χ2n) is 5.91. The topological polar surface area (TPSA) is 20.3 Å². The molecule has 1 aromatic carbocycles. The van der Waals surface area contributed by atoms with Crippen molar-refractivity contribution in [2.75, 3.05) is 19.0 Å². The average Bonchev–Trinajstić information content (AvgIpc) is 2.46. The van der Waals surface area contributed by atoms with E-state index in [0.717, 1.165) is 23.6 Å². The number of hydrogen-bond donors (Lipinski definition) is 0. The van der Waals surface area contributed by atoms with Gasteiger partial charge in [-0.05, 0) is 24.5 Å². The summed E-state index contributed by atoms with van der Waals surface area (Å²) in [6.07, 6.45) is 8.53. The molecule has 2 nitrogen and oxygen atoms in total. The van der Waals surface area contributed by atoms with E-state index in [0.29, 0.717) is 12.2 Å². The Labute approximate surface area is 116 Å². The second-order valence-corrected chi connectivity index (χ2v) is 5.91. The highest BCUT2D eigenvalue weighted by Gasteiger charge is 2.15. The normalized spacial score (nSPS) is 16.3. The molecule has 1 saturated carbocycles. The molecule has 1 fully saturated rings. The third-order valence-corrected chi connectivity index (χ3v) is 4.19. The number of benzene rings is 1. The number of carbonyl (C=O) groups is 1. The molecule has 0 aliphatic heterocycles. The Morgan fingerprint density at radius 1 is 1.21 bits per heavy atom. The Morgan fingerprint density at radius 3 is 2.63 bits per heavy atom. The van der Waals surface area contributed by atoms with Crippen LogP contribution in [-0.4, -0.2) is 19.9 Å². The van der Waals surface area contributed by atoms with Gasteiger partial charge in [0.25, 0.3) is 0 Å². The molecule has 2 heteroatoms. The fourth-order valence-corrected chi connectivity index (χ4v) is 2.91. The lowest BCUT2D eigenvalue weighted by molar-refractivity contribution is 0.0970. The van der Waals surface area contributed by atoms with Crippen molar-refractivity contribution in [3.8, 4) is 0 Å². The maximum atomic E-state index is 12.2. The molecule has 0 N–H and O–H groups in total. The van der Waals surface area contributed by atoms with Crippen molar-refractivity contribution < 1.29 is 4.79 Å². The zero-order chi connectivity index (χ0) is 13.7. The van der Waals surface area contributed by atoms with E-state index in [4.69, 9.17) is 0 Å². The molecule has 0 amide bonds. The minimum Gasteiger partial charge on any atom is -0.378 e. The Morgan fingerprint density at radius 2 is 1.95 bits per heavy atom. The lowest BCUT2D eigenvalue weighted by Crippen LogP contribution is -2.11. The van der Waals surface area contributed by atoms with Crippen molar-refractivity contribution in [3.63, 3.8) is 0 Å².